The Balaban J connectivity index is 1.77. The lowest BCUT2D eigenvalue weighted by atomic mass is 9.82. The number of ether oxygens (including phenoxy) is 2. The van der Waals surface area contributed by atoms with Gasteiger partial charge in [0.05, 0.1) is 23.4 Å². The molecule has 152 valence electrons. The van der Waals surface area contributed by atoms with E-state index in [0.717, 1.165) is 19.4 Å². The van der Waals surface area contributed by atoms with Crippen molar-refractivity contribution >= 4 is 17.7 Å². The molecule has 0 radical (unpaired) electrons. The number of ketones is 2. The molecule has 28 heavy (non-hydrogen) atoms. The summed E-state index contributed by atoms with van der Waals surface area (Å²) in [5, 5.41) is 0. The van der Waals surface area contributed by atoms with E-state index in [-0.39, 0.29) is 41.3 Å². The fourth-order valence-electron chi connectivity index (χ4n) is 5.23. The first kappa shape index (κ1) is 18.9. The van der Waals surface area contributed by atoms with Crippen LogP contribution in [0.25, 0.3) is 0 Å². The van der Waals surface area contributed by atoms with Crippen molar-refractivity contribution in [1.82, 2.24) is 9.80 Å². The van der Waals surface area contributed by atoms with Crippen LogP contribution in [0.15, 0.2) is 22.5 Å². The van der Waals surface area contributed by atoms with Crippen molar-refractivity contribution < 1.29 is 23.9 Å². The summed E-state index contributed by atoms with van der Waals surface area (Å²) < 4.78 is 11.1. The highest BCUT2D eigenvalue weighted by molar-refractivity contribution is 6.25. The Hall–Kier alpha value is -2.39. The second-order valence-electron chi connectivity index (χ2n) is 7.81. The molecule has 4 aliphatic rings. The SMILES string of the molecule is CCCCN1C2CN3C4=C(C(=O)C(N)=C(C)C4=O)C(COC(N)=O)C3(OC)C21. The number of hydrogen-bond donors (Lipinski definition) is 2. The first-order valence-corrected chi connectivity index (χ1v) is 9.61. The van der Waals surface area contributed by atoms with Crippen molar-refractivity contribution in [2.75, 3.05) is 26.8 Å². The lowest BCUT2D eigenvalue weighted by molar-refractivity contribution is -0.145. The average Bonchev–Trinajstić information content (AvgIpc) is 3.12. The molecule has 9 heteroatoms. The van der Waals surface area contributed by atoms with Crippen molar-refractivity contribution in [2.45, 2.75) is 44.5 Å². The molecule has 4 N–H and O–H groups in total. The van der Waals surface area contributed by atoms with Gasteiger partial charge in [0.1, 0.15) is 6.61 Å². The number of fused-ring (bicyclic) bond motifs is 4. The zero-order valence-corrected chi connectivity index (χ0v) is 16.4. The molecule has 4 rings (SSSR count). The van der Waals surface area contributed by atoms with Crippen LogP contribution in [0.3, 0.4) is 0 Å². The molecule has 0 bridgehead atoms. The summed E-state index contributed by atoms with van der Waals surface area (Å²) in [5.74, 6) is -1.30. The second kappa shape index (κ2) is 6.31. The minimum Gasteiger partial charge on any atom is -0.449 e. The molecule has 5 atom stereocenters. The Morgan fingerprint density at radius 2 is 2.04 bits per heavy atom. The van der Waals surface area contributed by atoms with Gasteiger partial charge in [-0.25, -0.2) is 4.79 Å². The number of piperazine rings is 1. The molecule has 0 aromatic heterocycles. The van der Waals surface area contributed by atoms with Crippen LogP contribution in [0, 0.1) is 5.92 Å². The molecule has 0 aromatic carbocycles. The lowest BCUT2D eigenvalue weighted by Gasteiger charge is -2.41. The van der Waals surface area contributed by atoms with E-state index >= 15 is 0 Å². The molecule has 2 saturated heterocycles. The third-order valence-corrected chi connectivity index (χ3v) is 6.58. The van der Waals surface area contributed by atoms with Gasteiger partial charge in [0.25, 0.3) is 0 Å². The molecule has 2 fully saturated rings. The molecule has 1 amide bonds. The number of methoxy groups -OCH3 is 1. The minimum absolute atomic E-state index is 0.0123. The van der Waals surface area contributed by atoms with E-state index in [2.05, 4.69) is 11.8 Å². The van der Waals surface area contributed by atoms with Gasteiger partial charge in [0.2, 0.25) is 11.6 Å². The number of nitrogens with two attached hydrogens (primary N) is 2. The second-order valence-corrected chi connectivity index (χ2v) is 7.81. The summed E-state index contributed by atoms with van der Waals surface area (Å²) in [5.41, 5.74) is 11.0. The highest BCUT2D eigenvalue weighted by Gasteiger charge is 2.75. The number of primary amides is 1. The number of carbonyl (C=O) groups excluding carboxylic acids is 3. The van der Waals surface area contributed by atoms with E-state index < -0.39 is 23.5 Å². The van der Waals surface area contributed by atoms with Crippen molar-refractivity contribution in [3.8, 4) is 0 Å². The van der Waals surface area contributed by atoms with Crippen LogP contribution in [0.5, 0.6) is 0 Å². The summed E-state index contributed by atoms with van der Waals surface area (Å²) in [6.07, 6.45) is 1.18. The fraction of sp³-hybridized carbons (Fsp3) is 0.632. The highest BCUT2D eigenvalue weighted by Crippen LogP contribution is 2.59. The number of Topliss-reactive ketones (excluding diaryl/α,β-unsaturated/α-hetero) is 2. The topological polar surface area (TPSA) is 128 Å². The van der Waals surface area contributed by atoms with E-state index in [0.29, 0.717) is 12.2 Å². The Labute approximate surface area is 163 Å². The number of unbranched alkanes of at least 4 members (excludes halogenated alkanes) is 1. The predicted molar refractivity (Wildman–Crippen MR) is 98.6 cm³/mol. The molecule has 9 nitrogen and oxygen atoms in total. The lowest BCUT2D eigenvalue weighted by Crippen LogP contribution is -2.55. The smallest absolute Gasteiger partial charge is 0.404 e. The van der Waals surface area contributed by atoms with Crippen LogP contribution in [0.2, 0.25) is 0 Å². The van der Waals surface area contributed by atoms with Crippen LogP contribution >= 0.6 is 0 Å². The van der Waals surface area contributed by atoms with Gasteiger partial charge in [-0.1, -0.05) is 13.3 Å². The van der Waals surface area contributed by atoms with Crippen molar-refractivity contribution in [3.63, 3.8) is 0 Å². The number of nitrogens with zero attached hydrogens (tertiary/aromatic N) is 2. The maximum atomic E-state index is 13.0. The first-order chi connectivity index (χ1) is 13.3. The molecule has 0 saturated carbocycles. The maximum absolute atomic E-state index is 13.0. The molecule has 3 heterocycles. The largest absolute Gasteiger partial charge is 0.449 e. The van der Waals surface area contributed by atoms with E-state index in [4.69, 9.17) is 20.9 Å². The number of hydrogen-bond acceptors (Lipinski definition) is 8. The van der Waals surface area contributed by atoms with Gasteiger partial charge < -0.3 is 25.8 Å². The van der Waals surface area contributed by atoms with Crippen molar-refractivity contribution in [3.05, 3.63) is 22.5 Å². The van der Waals surface area contributed by atoms with Crippen molar-refractivity contribution in [2.24, 2.45) is 17.4 Å². The monoisotopic (exact) mass is 390 g/mol. The van der Waals surface area contributed by atoms with Gasteiger partial charge in [-0.15, -0.1) is 0 Å². The average molecular weight is 390 g/mol. The summed E-state index contributed by atoms with van der Waals surface area (Å²) in [4.78, 5) is 41.6. The summed E-state index contributed by atoms with van der Waals surface area (Å²) >= 11 is 0. The van der Waals surface area contributed by atoms with Gasteiger partial charge in [0, 0.05) is 30.8 Å². The van der Waals surface area contributed by atoms with E-state index in [1.54, 1.807) is 14.0 Å². The minimum atomic E-state index is -0.950. The molecular formula is C19H26N4O5. The van der Waals surface area contributed by atoms with Crippen LogP contribution in [0.4, 0.5) is 4.79 Å². The number of amides is 1. The molecule has 5 unspecified atom stereocenters. The molecule has 1 aliphatic carbocycles. The van der Waals surface area contributed by atoms with Gasteiger partial charge in [-0.2, -0.15) is 0 Å². The summed E-state index contributed by atoms with van der Waals surface area (Å²) in [6, 6.07) is 0.251. The molecule has 0 spiro atoms. The van der Waals surface area contributed by atoms with Crippen LogP contribution < -0.4 is 11.5 Å². The highest BCUT2D eigenvalue weighted by atomic mass is 16.6. The first-order valence-electron chi connectivity index (χ1n) is 9.61. The van der Waals surface area contributed by atoms with Gasteiger partial charge >= 0.3 is 6.09 Å². The summed E-state index contributed by atoms with van der Waals surface area (Å²) in [7, 11) is 1.57. The zero-order chi connectivity index (χ0) is 20.4. The van der Waals surface area contributed by atoms with E-state index in [1.807, 2.05) is 4.90 Å². The Morgan fingerprint density at radius 3 is 2.64 bits per heavy atom. The fourth-order valence-corrected chi connectivity index (χ4v) is 5.23. The maximum Gasteiger partial charge on any atom is 0.404 e. The standard InChI is InChI=1S/C19H26N4O5/c1-4-5-6-22-11-7-23-14-12(16(25)13(20)9(2)15(14)24)10(8-28-18(21)26)19(23,27-3)17(11)22/h10-11,17H,4-8,20H2,1-3H3,(H2,21,26). The third kappa shape index (κ3) is 2.23. The van der Waals surface area contributed by atoms with Crippen LogP contribution in [-0.2, 0) is 19.1 Å². The normalized spacial score (nSPS) is 35.9. The molecule has 3 aliphatic heterocycles. The number of allylic oxidation sites excluding steroid dienone is 2. The Morgan fingerprint density at radius 1 is 1.32 bits per heavy atom. The van der Waals surface area contributed by atoms with Gasteiger partial charge in [-0.3, -0.25) is 14.5 Å². The van der Waals surface area contributed by atoms with Crippen LogP contribution in [-0.4, -0.2) is 72.1 Å². The number of rotatable bonds is 6. The van der Waals surface area contributed by atoms with E-state index in [9.17, 15) is 14.4 Å². The number of carbonyl (C=O) groups is 3. The van der Waals surface area contributed by atoms with Gasteiger partial charge in [0.15, 0.2) is 5.72 Å². The van der Waals surface area contributed by atoms with Crippen LogP contribution in [0.1, 0.15) is 26.7 Å². The Bertz CT molecular complexity index is 834. The Kier molecular flexibility index (Phi) is 4.27. The molecule has 0 aromatic rings. The summed E-state index contributed by atoms with van der Waals surface area (Å²) in [6.45, 7) is 5.05. The third-order valence-electron chi connectivity index (χ3n) is 6.58. The molecular weight excluding hydrogens is 364 g/mol. The van der Waals surface area contributed by atoms with E-state index in [1.165, 1.54) is 0 Å². The quantitative estimate of drug-likeness (QED) is 0.474. The predicted octanol–water partition coefficient (Wildman–Crippen LogP) is -0.139. The van der Waals surface area contributed by atoms with Crippen molar-refractivity contribution in [1.29, 1.82) is 0 Å². The zero-order valence-electron chi connectivity index (χ0n) is 16.4. The van der Waals surface area contributed by atoms with Gasteiger partial charge in [-0.05, 0) is 19.9 Å².